The molecule has 0 bridgehead atoms. The van der Waals surface area contributed by atoms with Crippen molar-refractivity contribution in [2.75, 3.05) is 31.1 Å². The highest BCUT2D eigenvalue weighted by atomic mass is 35.5. The molecule has 1 N–H and O–H groups in total. The van der Waals surface area contributed by atoms with E-state index in [1.54, 1.807) is 6.07 Å². The maximum Gasteiger partial charge on any atom is 0.407 e. The molecule has 0 radical (unpaired) electrons. The zero-order chi connectivity index (χ0) is 12.4. The minimum absolute atomic E-state index is 0.355. The number of carboxylic acid groups (broad SMARTS) is 1. The Labute approximate surface area is 103 Å². The lowest BCUT2D eigenvalue weighted by Crippen LogP contribution is -2.48. The number of halogens is 2. The Morgan fingerprint density at radius 2 is 1.94 bits per heavy atom. The fourth-order valence-corrected chi connectivity index (χ4v) is 2.16. The molecule has 92 valence electrons. The molecule has 0 aliphatic carbocycles. The van der Waals surface area contributed by atoms with Crippen LogP contribution in [0.2, 0.25) is 5.02 Å². The molecule has 0 aromatic heterocycles. The summed E-state index contributed by atoms with van der Waals surface area (Å²) >= 11 is 5.95. The van der Waals surface area contributed by atoms with Gasteiger partial charge in [-0.15, -0.1) is 0 Å². The van der Waals surface area contributed by atoms with Crippen molar-refractivity contribution in [3.05, 3.63) is 29.0 Å². The largest absolute Gasteiger partial charge is 0.465 e. The summed E-state index contributed by atoms with van der Waals surface area (Å²) in [5, 5.41) is 9.17. The second-order valence-corrected chi connectivity index (χ2v) is 4.26. The van der Waals surface area contributed by atoms with Gasteiger partial charge in [0.05, 0.1) is 10.7 Å². The van der Waals surface area contributed by atoms with Crippen molar-refractivity contribution in [2.45, 2.75) is 0 Å². The van der Waals surface area contributed by atoms with Gasteiger partial charge in [-0.2, -0.15) is 0 Å². The zero-order valence-corrected chi connectivity index (χ0v) is 9.82. The number of anilines is 1. The van der Waals surface area contributed by atoms with Crippen LogP contribution in [0.25, 0.3) is 0 Å². The Morgan fingerprint density at radius 3 is 2.47 bits per heavy atom. The molecule has 1 aromatic carbocycles. The molecule has 0 spiro atoms. The van der Waals surface area contributed by atoms with Gasteiger partial charge in [0.15, 0.2) is 0 Å². The third-order valence-corrected chi connectivity index (χ3v) is 3.10. The molecule has 6 heteroatoms. The van der Waals surface area contributed by atoms with Crippen molar-refractivity contribution in [2.24, 2.45) is 0 Å². The molecule has 4 nitrogen and oxygen atoms in total. The van der Waals surface area contributed by atoms with E-state index in [2.05, 4.69) is 0 Å². The number of benzene rings is 1. The van der Waals surface area contributed by atoms with E-state index >= 15 is 0 Å². The van der Waals surface area contributed by atoms with Crippen molar-refractivity contribution in [3.8, 4) is 0 Å². The standard InChI is InChI=1S/C11H12ClFN2O2/c12-9-7-8(13)1-2-10(9)14-3-5-15(6-4-14)11(16)17/h1-2,7H,3-6H2,(H,16,17). The smallest absolute Gasteiger partial charge is 0.407 e. The highest BCUT2D eigenvalue weighted by molar-refractivity contribution is 6.33. The number of piperazine rings is 1. The van der Waals surface area contributed by atoms with Gasteiger partial charge in [-0.25, -0.2) is 9.18 Å². The van der Waals surface area contributed by atoms with Crippen LogP contribution in [0.15, 0.2) is 18.2 Å². The van der Waals surface area contributed by atoms with Gasteiger partial charge in [-0.3, -0.25) is 0 Å². The van der Waals surface area contributed by atoms with E-state index in [9.17, 15) is 9.18 Å². The van der Waals surface area contributed by atoms with E-state index in [1.807, 2.05) is 4.90 Å². The molecule has 1 saturated heterocycles. The van der Waals surface area contributed by atoms with Crippen molar-refractivity contribution in [3.63, 3.8) is 0 Å². The maximum atomic E-state index is 12.9. The van der Waals surface area contributed by atoms with Gasteiger partial charge < -0.3 is 14.9 Å². The maximum absolute atomic E-state index is 12.9. The Hall–Kier alpha value is -1.49. The lowest BCUT2D eigenvalue weighted by Gasteiger charge is -2.35. The Bertz CT molecular complexity index is 433. The molecule has 1 aliphatic heterocycles. The summed E-state index contributed by atoms with van der Waals surface area (Å²) in [6.45, 7) is 2.00. The quantitative estimate of drug-likeness (QED) is 0.840. The third kappa shape index (κ3) is 2.61. The van der Waals surface area contributed by atoms with E-state index in [0.717, 1.165) is 5.69 Å². The van der Waals surface area contributed by atoms with Crippen LogP contribution in [0.1, 0.15) is 0 Å². The monoisotopic (exact) mass is 258 g/mol. The topological polar surface area (TPSA) is 43.8 Å². The molecule has 1 aliphatic rings. The first kappa shape index (κ1) is 12.0. The predicted molar refractivity (Wildman–Crippen MR) is 63.2 cm³/mol. The van der Waals surface area contributed by atoms with Crippen LogP contribution >= 0.6 is 11.6 Å². The molecule has 0 saturated carbocycles. The van der Waals surface area contributed by atoms with Crippen LogP contribution in [-0.4, -0.2) is 42.3 Å². The zero-order valence-electron chi connectivity index (χ0n) is 9.07. The van der Waals surface area contributed by atoms with Gasteiger partial charge in [-0.05, 0) is 18.2 Å². The van der Waals surface area contributed by atoms with Gasteiger partial charge in [0.1, 0.15) is 5.82 Å². The molecule has 1 fully saturated rings. The van der Waals surface area contributed by atoms with Crippen molar-refractivity contribution < 1.29 is 14.3 Å². The summed E-state index contributed by atoms with van der Waals surface area (Å²) in [6, 6.07) is 4.24. The summed E-state index contributed by atoms with van der Waals surface area (Å²) in [7, 11) is 0. The Kier molecular flexibility index (Phi) is 3.38. The average molecular weight is 259 g/mol. The molecular weight excluding hydrogens is 247 g/mol. The second kappa shape index (κ2) is 4.79. The Morgan fingerprint density at radius 1 is 1.29 bits per heavy atom. The average Bonchev–Trinajstić information content (AvgIpc) is 2.29. The molecule has 1 amide bonds. The minimum atomic E-state index is -0.908. The van der Waals surface area contributed by atoms with E-state index in [0.29, 0.717) is 31.2 Å². The number of hydrogen-bond donors (Lipinski definition) is 1. The normalized spacial score (nSPS) is 16.1. The van der Waals surface area contributed by atoms with E-state index in [1.165, 1.54) is 17.0 Å². The molecule has 0 atom stereocenters. The summed E-state index contributed by atoms with van der Waals surface area (Å²) < 4.78 is 12.9. The SMILES string of the molecule is O=C(O)N1CCN(c2ccc(F)cc2Cl)CC1. The fourth-order valence-electron chi connectivity index (χ4n) is 1.88. The van der Waals surface area contributed by atoms with Crippen molar-refractivity contribution >= 4 is 23.4 Å². The van der Waals surface area contributed by atoms with E-state index in [4.69, 9.17) is 16.7 Å². The van der Waals surface area contributed by atoms with Gasteiger partial charge in [0.2, 0.25) is 0 Å². The van der Waals surface area contributed by atoms with E-state index < -0.39 is 6.09 Å². The number of nitrogens with zero attached hydrogens (tertiary/aromatic N) is 2. The van der Waals surface area contributed by atoms with Crippen LogP contribution in [0.3, 0.4) is 0 Å². The highest BCUT2D eigenvalue weighted by Gasteiger charge is 2.21. The van der Waals surface area contributed by atoms with Crippen LogP contribution in [-0.2, 0) is 0 Å². The summed E-state index contributed by atoms with van der Waals surface area (Å²) in [5.41, 5.74) is 0.748. The minimum Gasteiger partial charge on any atom is -0.465 e. The third-order valence-electron chi connectivity index (χ3n) is 2.80. The van der Waals surface area contributed by atoms with Crippen LogP contribution in [0, 0.1) is 5.82 Å². The van der Waals surface area contributed by atoms with Crippen LogP contribution < -0.4 is 4.90 Å². The highest BCUT2D eigenvalue weighted by Crippen LogP contribution is 2.27. The summed E-state index contributed by atoms with van der Waals surface area (Å²) in [6.07, 6.45) is -0.908. The molecule has 1 aromatic rings. The lowest BCUT2D eigenvalue weighted by molar-refractivity contribution is 0.142. The van der Waals surface area contributed by atoms with Crippen LogP contribution in [0.5, 0.6) is 0 Å². The number of carbonyl (C=O) groups is 1. The number of hydrogen-bond acceptors (Lipinski definition) is 2. The number of amides is 1. The first-order valence-corrected chi connectivity index (χ1v) is 5.63. The van der Waals surface area contributed by atoms with Gasteiger partial charge >= 0.3 is 6.09 Å². The summed E-state index contributed by atoms with van der Waals surface area (Å²) in [4.78, 5) is 14.1. The molecule has 0 unspecified atom stereocenters. The summed E-state index contributed by atoms with van der Waals surface area (Å²) in [5.74, 6) is -0.372. The molecule has 1 heterocycles. The predicted octanol–water partition coefficient (Wildman–Crippen LogP) is 2.28. The second-order valence-electron chi connectivity index (χ2n) is 3.85. The molecule has 2 rings (SSSR count). The van der Waals surface area contributed by atoms with E-state index in [-0.39, 0.29) is 5.82 Å². The van der Waals surface area contributed by atoms with Gasteiger partial charge in [-0.1, -0.05) is 11.6 Å². The van der Waals surface area contributed by atoms with Gasteiger partial charge in [0, 0.05) is 26.2 Å². The lowest BCUT2D eigenvalue weighted by atomic mass is 10.2. The number of rotatable bonds is 1. The van der Waals surface area contributed by atoms with Gasteiger partial charge in [0.25, 0.3) is 0 Å². The first-order valence-electron chi connectivity index (χ1n) is 5.26. The van der Waals surface area contributed by atoms with Crippen molar-refractivity contribution in [1.82, 2.24) is 4.90 Å². The first-order chi connectivity index (χ1) is 8.08. The van der Waals surface area contributed by atoms with Crippen LogP contribution in [0.4, 0.5) is 14.9 Å². The molecule has 17 heavy (non-hydrogen) atoms. The fraction of sp³-hybridized carbons (Fsp3) is 0.364. The molecular formula is C11H12ClFN2O2. The Balaban J connectivity index is 2.08. The van der Waals surface area contributed by atoms with Crippen molar-refractivity contribution in [1.29, 1.82) is 0 Å².